The second-order valence-electron chi connectivity index (χ2n) is 4.62. The van der Waals surface area contributed by atoms with Crippen LogP contribution in [0.4, 0.5) is 13.2 Å². The van der Waals surface area contributed by atoms with Crippen molar-refractivity contribution in [2.45, 2.75) is 19.3 Å². The first-order valence-electron chi connectivity index (χ1n) is 6.13. The van der Waals surface area contributed by atoms with Crippen LogP contribution in [0.25, 0.3) is 0 Å². The van der Waals surface area contributed by atoms with Gasteiger partial charge in [-0.05, 0) is 41.8 Å². The Morgan fingerprint density at radius 3 is 2.24 bits per heavy atom. The molecule has 0 aliphatic rings. The summed E-state index contributed by atoms with van der Waals surface area (Å²) in [5.74, 6) is -0.263. The van der Waals surface area contributed by atoms with Gasteiger partial charge >= 0.3 is 6.36 Å². The summed E-state index contributed by atoms with van der Waals surface area (Å²) in [6, 6.07) is 10.9. The van der Waals surface area contributed by atoms with Crippen LogP contribution in [-0.2, 0) is 0 Å². The molecule has 112 valence electrons. The molecule has 2 aromatic carbocycles. The lowest BCUT2D eigenvalue weighted by Gasteiger charge is -2.16. The summed E-state index contributed by atoms with van der Waals surface area (Å²) < 4.78 is 41.0. The van der Waals surface area contributed by atoms with E-state index >= 15 is 0 Å². The van der Waals surface area contributed by atoms with Crippen LogP contribution in [0.1, 0.15) is 22.7 Å². The Labute approximate surface area is 128 Å². The number of ether oxygens (including phenoxy) is 1. The fourth-order valence-corrected chi connectivity index (χ4v) is 2.68. The van der Waals surface area contributed by atoms with Crippen LogP contribution >= 0.6 is 15.9 Å². The summed E-state index contributed by atoms with van der Waals surface area (Å²) in [5.41, 5.74) is 8.81. The molecule has 21 heavy (non-hydrogen) atoms. The fraction of sp³-hybridized carbons (Fsp3) is 0.200. The third-order valence-electron chi connectivity index (χ3n) is 2.96. The maximum Gasteiger partial charge on any atom is 0.573 e. The number of nitrogens with two attached hydrogens (primary N) is 1. The van der Waals surface area contributed by atoms with Gasteiger partial charge in [0.1, 0.15) is 5.75 Å². The molecule has 0 amide bonds. The van der Waals surface area contributed by atoms with Crippen molar-refractivity contribution in [3.8, 4) is 5.75 Å². The molecular formula is C15H13BrF3NO. The van der Waals surface area contributed by atoms with E-state index in [0.717, 1.165) is 15.6 Å². The lowest BCUT2D eigenvalue weighted by Crippen LogP contribution is -2.17. The Morgan fingerprint density at radius 2 is 1.71 bits per heavy atom. The van der Waals surface area contributed by atoms with Crippen molar-refractivity contribution in [2.24, 2.45) is 5.73 Å². The zero-order chi connectivity index (χ0) is 15.6. The largest absolute Gasteiger partial charge is 0.573 e. The lowest BCUT2D eigenvalue weighted by molar-refractivity contribution is -0.274. The van der Waals surface area contributed by atoms with E-state index in [1.165, 1.54) is 24.3 Å². The van der Waals surface area contributed by atoms with Crippen LogP contribution in [0.5, 0.6) is 5.75 Å². The molecule has 2 N–H and O–H groups in total. The monoisotopic (exact) mass is 359 g/mol. The standard InChI is InChI=1S/C15H13BrF3NO/c1-9-2-7-12(13(16)8-9)14(20)10-3-5-11(6-4-10)21-15(17,18)19/h2-8,14H,20H2,1H3/t14-/m0/s1. The zero-order valence-electron chi connectivity index (χ0n) is 11.1. The van der Waals surface area contributed by atoms with Gasteiger partial charge in [-0.2, -0.15) is 0 Å². The van der Waals surface area contributed by atoms with Crippen LogP contribution in [-0.4, -0.2) is 6.36 Å². The first-order valence-corrected chi connectivity index (χ1v) is 6.93. The van der Waals surface area contributed by atoms with Crippen molar-refractivity contribution in [1.29, 1.82) is 0 Å². The molecule has 0 aliphatic heterocycles. The number of hydrogen-bond donors (Lipinski definition) is 1. The van der Waals surface area contributed by atoms with Crippen LogP contribution in [0.2, 0.25) is 0 Å². The Kier molecular flexibility index (Phi) is 4.58. The second-order valence-corrected chi connectivity index (χ2v) is 5.47. The summed E-state index contributed by atoms with van der Waals surface area (Å²) in [6.07, 6.45) is -4.69. The fourth-order valence-electron chi connectivity index (χ4n) is 1.94. The van der Waals surface area contributed by atoms with Gasteiger partial charge in [0.25, 0.3) is 0 Å². The number of rotatable bonds is 3. The first kappa shape index (κ1) is 15.9. The van der Waals surface area contributed by atoms with Crippen molar-refractivity contribution in [2.75, 3.05) is 0 Å². The maximum absolute atomic E-state index is 12.1. The normalized spacial score (nSPS) is 13.0. The summed E-state index contributed by atoms with van der Waals surface area (Å²) in [7, 11) is 0. The molecule has 0 bridgehead atoms. The zero-order valence-corrected chi connectivity index (χ0v) is 12.7. The molecule has 0 saturated carbocycles. The van der Waals surface area contributed by atoms with Crippen molar-refractivity contribution >= 4 is 15.9 Å². The van der Waals surface area contributed by atoms with Gasteiger partial charge in [0, 0.05) is 4.47 Å². The van der Waals surface area contributed by atoms with Gasteiger partial charge < -0.3 is 10.5 Å². The lowest BCUT2D eigenvalue weighted by atomic mass is 9.99. The van der Waals surface area contributed by atoms with Gasteiger partial charge in [0.2, 0.25) is 0 Å². The average molecular weight is 360 g/mol. The highest BCUT2D eigenvalue weighted by Gasteiger charge is 2.31. The van der Waals surface area contributed by atoms with Crippen molar-refractivity contribution in [3.63, 3.8) is 0 Å². The smallest absolute Gasteiger partial charge is 0.406 e. The molecule has 1 atom stereocenters. The molecule has 2 aromatic rings. The minimum absolute atomic E-state index is 0.263. The molecule has 0 aliphatic carbocycles. The molecule has 2 rings (SSSR count). The summed E-state index contributed by atoms with van der Waals surface area (Å²) in [5, 5.41) is 0. The number of aryl methyl sites for hydroxylation is 1. The number of halogens is 4. The summed E-state index contributed by atoms with van der Waals surface area (Å²) >= 11 is 3.45. The topological polar surface area (TPSA) is 35.2 Å². The van der Waals surface area contributed by atoms with Gasteiger partial charge in [0.15, 0.2) is 0 Å². The molecule has 0 aromatic heterocycles. The van der Waals surface area contributed by atoms with Gasteiger partial charge in [-0.15, -0.1) is 13.2 Å². The quantitative estimate of drug-likeness (QED) is 0.861. The van der Waals surface area contributed by atoms with Crippen molar-refractivity contribution < 1.29 is 17.9 Å². The van der Waals surface area contributed by atoms with Gasteiger partial charge in [-0.25, -0.2) is 0 Å². The van der Waals surface area contributed by atoms with E-state index in [0.29, 0.717) is 5.56 Å². The van der Waals surface area contributed by atoms with E-state index < -0.39 is 12.4 Å². The summed E-state index contributed by atoms with van der Waals surface area (Å²) in [6.45, 7) is 1.96. The van der Waals surface area contributed by atoms with E-state index in [2.05, 4.69) is 20.7 Å². The van der Waals surface area contributed by atoms with Crippen LogP contribution < -0.4 is 10.5 Å². The van der Waals surface area contributed by atoms with Crippen molar-refractivity contribution in [3.05, 3.63) is 63.6 Å². The van der Waals surface area contributed by atoms with E-state index in [1.54, 1.807) is 0 Å². The predicted molar refractivity (Wildman–Crippen MR) is 78.0 cm³/mol. The minimum atomic E-state index is -4.69. The molecule has 0 heterocycles. The van der Waals surface area contributed by atoms with E-state index in [1.807, 2.05) is 25.1 Å². The van der Waals surface area contributed by atoms with Crippen LogP contribution in [0.15, 0.2) is 46.9 Å². The van der Waals surface area contributed by atoms with Crippen LogP contribution in [0.3, 0.4) is 0 Å². The highest BCUT2D eigenvalue weighted by Crippen LogP contribution is 2.29. The van der Waals surface area contributed by atoms with Gasteiger partial charge in [0.05, 0.1) is 6.04 Å². The molecule has 0 saturated heterocycles. The van der Waals surface area contributed by atoms with Crippen molar-refractivity contribution in [1.82, 2.24) is 0 Å². The number of alkyl halides is 3. The molecule has 0 unspecified atom stereocenters. The van der Waals surface area contributed by atoms with E-state index in [9.17, 15) is 13.2 Å². The molecule has 6 heteroatoms. The molecule has 2 nitrogen and oxygen atoms in total. The first-order chi connectivity index (χ1) is 9.76. The molecule has 0 spiro atoms. The molecular weight excluding hydrogens is 347 g/mol. The van der Waals surface area contributed by atoms with Gasteiger partial charge in [-0.1, -0.05) is 40.2 Å². The second kappa shape index (κ2) is 6.07. The predicted octanol–water partition coefficient (Wildman–Crippen LogP) is 4.70. The highest BCUT2D eigenvalue weighted by molar-refractivity contribution is 9.10. The summed E-state index contributed by atoms with van der Waals surface area (Å²) in [4.78, 5) is 0. The third-order valence-corrected chi connectivity index (χ3v) is 3.65. The van der Waals surface area contributed by atoms with Crippen LogP contribution in [0, 0.1) is 6.92 Å². The SMILES string of the molecule is Cc1ccc([C@@H](N)c2ccc(OC(F)(F)F)cc2)c(Br)c1. The third kappa shape index (κ3) is 4.22. The molecule has 0 fully saturated rings. The maximum atomic E-state index is 12.1. The Hall–Kier alpha value is -1.53. The number of hydrogen-bond acceptors (Lipinski definition) is 2. The Bertz CT molecular complexity index is 626. The number of benzene rings is 2. The molecule has 0 radical (unpaired) electrons. The van der Waals surface area contributed by atoms with Gasteiger partial charge in [-0.3, -0.25) is 0 Å². The average Bonchev–Trinajstić information content (AvgIpc) is 2.37. The Balaban J connectivity index is 2.22. The van der Waals surface area contributed by atoms with E-state index in [4.69, 9.17) is 5.73 Å². The Morgan fingerprint density at radius 1 is 1.10 bits per heavy atom. The highest BCUT2D eigenvalue weighted by atomic mass is 79.9. The van der Waals surface area contributed by atoms with E-state index in [-0.39, 0.29) is 5.75 Å². The minimum Gasteiger partial charge on any atom is -0.406 e.